The molecule has 0 heterocycles. The third-order valence-electron chi connectivity index (χ3n) is 4.38. The third-order valence-corrected chi connectivity index (χ3v) is 4.38. The number of nitrogens with zero attached hydrogens (tertiary/aromatic N) is 1. The first-order chi connectivity index (χ1) is 12.6. The fraction of sp³-hybridized carbons (Fsp3) is 0.316. The Hall–Kier alpha value is -3.09. The maximum absolute atomic E-state index is 12.2. The Labute approximate surface area is 151 Å². The Kier molecular flexibility index (Phi) is 5.36. The van der Waals surface area contributed by atoms with Crippen LogP contribution in [0.4, 0.5) is 11.4 Å². The van der Waals surface area contributed by atoms with Crippen molar-refractivity contribution in [2.75, 3.05) is 19.0 Å². The van der Waals surface area contributed by atoms with Crippen LogP contribution in [0.15, 0.2) is 36.4 Å². The van der Waals surface area contributed by atoms with Gasteiger partial charge in [0.25, 0.3) is 11.6 Å². The van der Waals surface area contributed by atoms with E-state index in [-0.39, 0.29) is 18.0 Å². The number of anilines is 1. The Morgan fingerprint density at radius 3 is 2.77 bits per heavy atom. The predicted octanol–water partition coefficient (Wildman–Crippen LogP) is 3.50. The highest BCUT2D eigenvalue weighted by Crippen LogP contribution is 2.30. The van der Waals surface area contributed by atoms with E-state index in [4.69, 9.17) is 9.47 Å². The van der Waals surface area contributed by atoms with Gasteiger partial charge >= 0.3 is 0 Å². The molecule has 0 saturated carbocycles. The number of benzene rings is 2. The van der Waals surface area contributed by atoms with Crippen molar-refractivity contribution in [1.29, 1.82) is 0 Å². The molecule has 0 unspecified atom stereocenters. The smallest absolute Gasteiger partial charge is 0.271 e. The van der Waals surface area contributed by atoms with E-state index in [2.05, 4.69) is 11.4 Å². The molecule has 3 rings (SSSR count). The standard InChI is InChI=1S/C19H20N2O5/c1-25-18-10-9-14(21(23)24)11-16(18)20-19(22)12-26-17-8-4-6-13-5-2-3-7-15(13)17/h4,6,8-11H,2-3,5,7,12H2,1H3,(H,20,22). The molecular weight excluding hydrogens is 336 g/mol. The van der Waals surface area contributed by atoms with Crippen LogP contribution in [-0.2, 0) is 17.6 Å². The molecule has 1 aliphatic rings. The van der Waals surface area contributed by atoms with E-state index in [0.717, 1.165) is 25.0 Å². The summed E-state index contributed by atoms with van der Waals surface area (Å²) in [6.45, 7) is -0.178. The number of hydrogen-bond donors (Lipinski definition) is 1. The van der Waals surface area contributed by atoms with Gasteiger partial charge in [-0.05, 0) is 48.9 Å². The summed E-state index contributed by atoms with van der Waals surface area (Å²) >= 11 is 0. The lowest BCUT2D eigenvalue weighted by Crippen LogP contribution is -2.21. The first kappa shape index (κ1) is 17.7. The van der Waals surface area contributed by atoms with E-state index in [1.165, 1.54) is 42.9 Å². The minimum Gasteiger partial charge on any atom is -0.495 e. The number of hydrogen-bond acceptors (Lipinski definition) is 5. The normalized spacial score (nSPS) is 12.8. The van der Waals surface area contributed by atoms with Crippen molar-refractivity contribution in [2.24, 2.45) is 0 Å². The zero-order valence-electron chi connectivity index (χ0n) is 14.5. The molecule has 0 aromatic heterocycles. The van der Waals surface area contributed by atoms with Gasteiger partial charge in [-0.15, -0.1) is 0 Å². The van der Waals surface area contributed by atoms with E-state index in [9.17, 15) is 14.9 Å². The third kappa shape index (κ3) is 3.93. The Morgan fingerprint density at radius 1 is 1.19 bits per heavy atom. The quantitative estimate of drug-likeness (QED) is 0.632. The number of non-ortho nitro benzene ring substituents is 1. The lowest BCUT2D eigenvalue weighted by atomic mass is 9.91. The van der Waals surface area contributed by atoms with Crippen molar-refractivity contribution in [3.63, 3.8) is 0 Å². The summed E-state index contributed by atoms with van der Waals surface area (Å²) in [6.07, 6.45) is 4.27. The molecule has 0 atom stereocenters. The van der Waals surface area contributed by atoms with Crippen LogP contribution in [-0.4, -0.2) is 24.5 Å². The number of nitro benzene ring substituents is 1. The number of ether oxygens (including phenoxy) is 2. The molecule has 0 radical (unpaired) electrons. The number of carbonyl (C=O) groups excluding carboxylic acids is 1. The average molecular weight is 356 g/mol. The summed E-state index contributed by atoms with van der Waals surface area (Å²) < 4.78 is 10.8. The number of aryl methyl sites for hydroxylation is 1. The van der Waals surface area contributed by atoms with Crippen LogP contribution < -0.4 is 14.8 Å². The van der Waals surface area contributed by atoms with Gasteiger partial charge in [0, 0.05) is 12.1 Å². The van der Waals surface area contributed by atoms with Crippen molar-refractivity contribution >= 4 is 17.3 Å². The molecular formula is C19H20N2O5. The average Bonchev–Trinajstić information content (AvgIpc) is 2.66. The second kappa shape index (κ2) is 7.86. The minimum atomic E-state index is -0.526. The van der Waals surface area contributed by atoms with Gasteiger partial charge in [-0.3, -0.25) is 14.9 Å². The van der Waals surface area contributed by atoms with E-state index < -0.39 is 10.8 Å². The molecule has 7 nitrogen and oxygen atoms in total. The second-order valence-corrected chi connectivity index (χ2v) is 6.08. The van der Waals surface area contributed by atoms with E-state index in [0.29, 0.717) is 5.75 Å². The fourth-order valence-corrected chi connectivity index (χ4v) is 3.12. The second-order valence-electron chi connectivity index (χ2n) is 6.08. The lowest BCUT2D eigenvalue weighted by Gasteiger charge is -2.19. The van der Waals surface area contributed by atoms with Crippen LogP contribution in [0.25, 0.3) is 0 Å². The highest BCUT2D eigenvalue weighted by atomic mass is 16.6. The molecule has 1 aliphatic carbocycles. The zero-order valence-corrected chi connectivity index (χ0v) is 14.5. The molecule has 136 valence electrons. The van der Waals surface area contributed by atoms with Gasteiger partial charge < -0.3 is 14.8 Å². The SMILES string of the molecule is COc1ccc([N+](=O)[O-])cc1NC(=O)COc1cccc2c1CCCC2. The summed E-state index contributed by atoms with van der Waals surface area (Å²) in [5.74, 6) is 0.668. The van der Waals surface area contributed by atoms with Crippen molar-refractivity contribution < 1.29 is 19.2 Å². The number of nitro groups is 1. The monoisotopic (exact) mass is 356 g/mol. The van der Waals surface area contributed by atoms with Gasteiger partial charge in [-0.1, -0.05) is 12.1 Å². The number of methoxy groups -OCH3 is 1. The first-order valence-corrected chi connectivity index (χ1v) is 8.44. The molecule has 0 aliphatic heterocycles. The van der Waals surface area contributed by atoms with Gasteiger partial charge in [0.05, 0.1) is 17.7 Å². The van der Waals surface area contributed by atoms with E-state index in [1.54, 1.807) is 0 Å². The Morgan fingerprint density at radius 2 is 2.00 bits per heavy atom. The van der Waals surface area contributed by atoms with Crippen LogP contribution in [0, 0.1) is 10.1 Å². The lowest BCUT2D eigenvalue weighted by molar-refractivity contribution is -0.384. The summed E-state index contributed by atoms with van der Waals surface area (Å²) in [6, 6.07) is 9.92. The van der Waals surface area contributed by atoms with Crippen molar-refractivity contribution in [3.8, 4) is 11.5 Å². The van der Waals surface area contributed by atoms with Gasteiger partial charge in [0.1, 0.15) is 11.5 Å². The maximum atomic E-state index is 12.2. The molecule has 7 heteroatoms. The summed E-state index contributed by atoms with van der Waals surface area (Å²) in [7, 11) is 1.43. The number of rotatable bonds is 6. The number of carbonyl (C=O) groups is 1. The molecule has 0 fully saturated rings. The highest BCUT2D eigenvalue weighted by molar-refractivity contribution is 5.93. The molecule has 2 aromatic carbocycles. The van der Waals surface area contributed by atoms with Gasteiger partial charge in [0.15, 0.2) is 6.61 Å². The fourth-order valence-electron chi connectivity index (χ4n) is 3.12. The topological polar surface area (TPSA) is 90.7 Å². The molecule has 0 spiro atoms. The van der Waals surface area contributed by atoms with Crippen LogP contribution in [0.5, 0.6) is 11.5 Å². The zero-order chi connectivity index (χ0) is 18.5. The molecule has 26 heavy (non-hydrogen) atoms. The van der Waals surface area contributed by atoms with Crippen molar-refractivity contribution in [1.82, 2.24) is 0 Å². The molecule has 0 saturated heterocycles. The van der Waals surface area contributed by atoms with Crippen molar-refractivity contribution in [2.45, 2.75) is 25.7 Å². The van der Waals surface area contributed by atoms with Gasteiger partial charge in [-0.25, -0.2) is 0 Å². The van der Waals surface area contributed by atoms with Gasteiger partial charge in [0.2, 0.25) is 0 Å². The van der Waals surface area contributed by atoms with Crippen LogP contribution in [0.3, 0.4) is 0 Å². The van der Waals surface area contributed by atoms with E-state index >= 15 is 0 Å². The molecule has 0 bridgehead atoms. The van der Waals surface area contributed by atoms with Gasteiger partial charge in [-0.2, -0.15) is 0 Å². The van der Waals surface area contributed by atoms with Crippen molar-refractivity contribution in [3.05, 3.63) is 57.6 Å². The molecule has 1 amide bonds. The van der Waals surface area contributed by atoms with Crippen LogP contribution in [0.2, 0.25) is 0 Å². The Bertz CT molecular complexity index is 835. The molecule has 2 aromatic rings. The predicted molar refractivity (Wildman–Crippen MR) is 96.9 cm³/mol. The summed E-state index contributed by atoms with van der Waals surface area (Å²) in [4.78, 5) is 22.6. The maximum Gasteiger partial charge on any atom is 0.271 e. The highest BCUT2D eigenvalue weighted by Gasteiger charge is 2.16. The molecule has 1 N–H and O–H groups in total. The first-order valence-electron chi connectivity index (χ1n) is 8.44. The number of fused-ring (bicyclic) bond motifs is 1. The summed E-state index contributed by atoms with van der Waals surface area (Å²) in [5.41, 5.74) is 2.55. The largest absolute Gasteiger partial charge is 0.495 e. The number of amides is 1. The van der Waals surface area contributed by atoms with E-state index in [1.807, 2.05) is 12.1 Å². The van der Waals surface area contributed by atoms with Crippen LogP contribution in [0.1, 0.15) is 24.0 Å². The minimum absolute atomic E-state index is 0.126. The summed E-state index contributed by atoms with van der Waals surface area (Å²) in [5, 5.41) is 13.5. The number of nitrogens with one attached hydrogen (secondary N) is 1. The Balaban J connectivity index is 1.68. The van der Waals surface area contributed by atoms with Crippen LogP contribution >= 0.6 is 0 Å².